The monoisotopic (exact) mass is 361 g/mol. The molecule has 24 heavy (non-hydrogen) atoms. The van der Waals surface area contributed by atoms with Crippen LogP contribution in [0.2, 0.25) is 0 Å². The van der Waals surface area contributed by atoms with Gasteiger partial charge in [0.15, 0.2) is 0 Å². The Bertz CT molecular complexity index is 176. The van der Waals surface area contributed by atoms with Crippen LogP contribution in [-0.2, 0) is 0 Å². The third kappa shape index (κ3) is 24.5. The second kappa shape index (κ2) is 25.5. The van der Waals surface area contributed by atoms with Crippen LogP contribution < -0.4 is 5.32 Å². The Morgan fingerprint density at radius 2 is 0.667 bits per heavy atom. The maximum atomic E-state index is 3.22. The highest BCUT2D eigenvalue weighted by Gasteiger charge is 1.95. The molecule has 148 valence electrons. The molecule has 0 atom stereocenters. The molecule has 0 fully saturated rings. The summed E-state index contributed by atoms with van der Waals surface area (Å²) in [5, 5.41) is 3.22. The minimum atomic E-state index is 0. The van der Waals surface area contributed by atoms with Gasteiger partial charge in [-0.2, -0.15) is 0 Å². The molecule has 1 nitrogen and oxygen atoms in total. The van der Waals surface area contributed by atoms with Gasteiger partial charge in [-0.25, -0.2) is 0 Å². The van der Waals surface area contributed by atoms with Crippen molar-refractivity contribution in [3.8, 4) is 0 Å². The fourth-order valence-corrected chi connectivity index (χ4v) is 3.38. The van der Waals surface area contributed by atoms with Crippen molar-refractivity contribution in [3.63, 3.8) is 0 Å². The van der Waals surface area contributed by atoms with Crippen LogP contribution in [0.5, 0.6) is 0 Å². The van der Waals surface area contributed by atoms with Crippen LogP contribution in [0, 0.1) is 0 Å². The number of hydrogen-bond acceptors (Lipinski definition) is 1. The van der Waals surface area contributed by atoms with Gasteiger partial charge in [-0.05, 0) is 20.0 Å². The summed E-state index contributed by atoms with van der Waals surface area (Å²) in [6, 6.07) is 0. The molecule has 0 radical (unpaired) electrons. The van der Waals surface area contributed by atoms with Crippen molar-refractivity contribution in [2.75, 3.05) is 13.6 Å². The van der Waals surface area contributed by atoms with Gasteiger partial charge in [0.05, 0.1) is 0 Å². The molecular formula is C22H48ClN. The van der Waals surface area contributed by atoms with Crippen molar-refractivity contribution in [1.29, 1.82) is 0 Å². The van der Waals surface area contributed by atoms with Gasteiger partial charge in [-0.3, -0.25) is 0 Å². The number of nitrogens with one attached hydrogen (secondary N) is 1. The van der Waals surface area contributed by atoms with Crippen LogP contribution in [0.15, 0.2) is 0 Å². The van der Waals surface area contributed by atoms with E-state index in [2.05, 4.69) is 19.3 Å². The first-order chi connectivity index (χ1) is 11.4. The average molecular weight is 362 g/mol. The Morgan fingerprint density at radius 1 is 0.417 bits per heavy atom. The standard InChI is InChI=1S/C22H47N.ClH/c1-3-4-5-6-7-8-9-10-11-12-13-14-15-16-17-18-19-20-21-22-23-2;/h23H,3-22H2,1-2H3;1H. The molecule has 2 heteroatoms. The second-order valence-electron chi connectivity index (χ2n) is 7.47. The maximum absolute atomic E-state index is 3.22. The van der Waals surface area contributed by atoms with Crippen molar-refractivity contribution >= 4 is 12.4 Å². The molecule has 0 aromatic carbocycles. The number of hydrogen-bond donors (Lipinski definition) is 1. The highest BCUT2D eigenvalue weighted by Crippen LogP contribution is 2.14. The van der Waals surface area contributed by atoms with E-state index < -0.39 is 0 Å². The smallest absolute Gasteiger partial charge is 0.00519 e. The summed E-state index contributed by atoms with van der Waals surface area (Å²) < 4.78 is 0. The lowest BCUT2D eigenvalue weighted by Crippen LogP contribution is -2.06. The first-order valence-corrected chi connectivity index (χ1v) is 11.1. The van der Waals surface area contributed by atoms with Gasteiger partial charge in [0, 0.05) is 0 Å². The molecule has 0 aliphatic heterocycles. The van der Waals surface area contributed by atoms with E-state index in [0.29, 0.717) is 0 Å². The largest absolute Gasteiger partial charge is 0.320 e. The Hall–Kier alpha value is 0.250. The SMILES string of the molecule is CCCCCCCCCCCCCCCCCCCCCNC.Cl. The molecule has 0 bridgehead atoms. The molecule has 1 N–H and O–H groups in total. The topological polar surface area (TPSA) is 12.0 Å². The van der Waals surface area contributed by atoms with E-state index in [1.165, 1.54) is 129 Å². The van der Waals surface area contributed by atoms with Gasteiger partial charge in [-0.15, -0.1) is 12.4 Å². The van der Waals surface area contributed by atoms with E-state index in [0.717, 1.165) is 0 Å². The lowest BCUT2D eigenvalue weighted by Gasteiger charge is -2.04. The van der Waals surface area contributed by atoms with Crippen molar-refractivity contribution in [2.24, 2.45) is 0 Å². The zero-order chi connectivity index (χ0) is 16.8. The molecule has 0 unspecified atom stereocenters. The highest BCUT2D eigenvalue weighted by molar-refractivity contribution is 5.85. The summed E-state index contributed by atoms with van der Waals surface area (Å²) in [6.07, 6.45) is 27.7. The van der Waals surface area contributed by atoms with E-state index >= 15 is 0 Å². The summed E-state index contributed by atoms with van der Waals surface area (Å²) in [6.45, 7) is 3.49. The Morgan fingerprint density at radius 3 is 0.917 bits per heavy atom. The van der Waals surface area contributed by atoms with Crippen LogP contribution in [0.25, 0.3) is 0 Å². The number of unbranched alkanes of at least 4 members (excludes halogenated alkanes) is 18. The Balaban J connectivity index is 0. The van der Waals surface area contributed by atoms with Gasteiger partial charge in [-0.1, -0.05) is 122 Å². The molecule has 0 aliphatic carbocycles. The zero-order valence-corrected chi connectivity index (χ0v) is 17.9. The van der Waals surface area contributed by atoms with Crippen LogP contribution >= 0.6 is 12.4 Å². The van der Waals surface area contributed by atoms with Crippen molar-refractivity contribution < 1.29 is 0 Å². The Kier molecular flexibility index (Phi) is 28.1. The third-order valence-electron chi connectivity index (χ3n) is 5.03. The van der Waals surface area contributed by atoms with Crippen LogP contribution in [-0.4, -0.2) is 13.6 Å². The lowest BCUT2D eigenvalue weighted by atomic mass is 10.0. The zero-order valence-electron chi connectivity index (χ0n) is 17.1. The molecule has 0 aromatic rings. The summed E-state index contributed by atoms with van der Waals surface area (Å²) in [4.78, 5) is 0. The molecule has 0 saturated heterocycles. The van der Waals surface area contributed by atoms with Gasteiger partial charge < -0.3 is 5.32 Å². The van der Waals surface area contributed by atoms with Crippen LogP contribution in [0.1, 0.15) is 129 Å². The van der Waals surface area contributed by atoms with Crippen LogP contribution in [0.4, 0.5) is 0 Å². The minimum Gasteiger partial charge on any atom is -0.320 e. The van der Waals surface area contributed by atoms with Gasteiger partial charge in [0.1, 0.15) is 0 Å². The normalized spacial score (nSPS) is 10.8. The fraction of sp³-hybridized carbons (Fsp3) is 1.00. The fourth-order valence-electron chi connectivity index (χ4n) is 3.38. The first kappa shape index (κ1) is 26.5. The van der Waals surface area contributed by atoms with Crippen molar-refractivity contribution in [2.45, 2.75) is 129 Å². The predicted octanol–water partition coefficient (Wildman–Crippen LogP) is 8.06. The molecule has 0 aromatic heterocycles. The Labute approximate surface area is 160 Å². The lowest BCUT2D eigenvalue weighted by molar-refractivity contribution is 0.522. The molecule has 0 saturated carbocycles. The molecule has 0 aliphatic rings. The summed E-state index contributed by atoms with van der Waals surface area (Å²) in [5.74, 6) is 0. The minimum absolute atomic E-state index is 0. The van der Waals surface area contributed by atoms with Gasteiger partial charge in [0.2, 0.25) is 0 Å². The van der Waals surface area contributed by atoms with E-state index in [1.54, 1.807) is 0 Å². The third-order valence-corrected chi connectivity index (χ3v) is 5.03. The summed E-state index contributed by atoms with van der Waals surface area (Å²) in [7, 11) is 2.05. The van der Waals surface area contributed by atoms with Gasteiger partial charge in [0.25, 0.3) is 0 Å². The first-order valence-electron chi connectivity index (χ1n) is 11.1. The molecule has 0 spiro atoms. The molecular weight excluding hydrogens is 314 g/mol. The van der Waals surface area contributed by atoms with Crippen LogP contribution in [0.3, 0.4) is 0 Å². The molecule has 0 rings (SSSR count). The van der Waals surface area contributed by atoms with E-state index in [1.807, 2.05) is 0 Å². The molecule has 0 heterocycles. The highest BCUT2D eigenvalue weighted by atomic mass is 35.5. The van der Waals surface area contributed by atoms with Crippen molar-refractivity contribution in [1.82, 2.24) is 5.32 Å². The van der Waals surface area contributed by atoms with Gasteiger partial charge >= 0.3 is 0 Å². The van der Waals surface area contributed by atoms with E-state index in [4.69, 9.17) is 0 Å². The molecule has 0 amide bonds. The maximum Gasteiger partial charge on any atom is -0.00519 e. The number of rotatable bonds is 20. The number of halogens is 1. The van der Waals surface area contributed by atoms with E-state index in [-0.39, 0.29) is 12.4 Å². The summed E-state index contributed by atoms with van der Waals surface area (Å²) >= 11 is 0. The average Bonchev–Trinajstić information content (AvgIpc) is 2.57. The second-order valence-corrected chi connectivity index (χ2v) is 7.47. The van der Waals surface area contributed by atoms with Crippen molar-refractivity contribution in [3.05, 3.63) is 0 Å². The quantitative estimate of drug-likeness (QED) is 0.216. The summed E-state index contributed by atoms with van der Waals surface area (Å²) in [5.41, 5.74) is 0. The predicted molar refractivity (Wildman–Crippen MR) is 115 cm³/mol. The van der Waals surface area contributed by atoms with E-state index in [9.17, 15) is 0 Å².